The summed E-state index contributed by atoms with van der Waals surface area (Å²) in [7, 11) is 0. The zero-order valence-corrected chi connectivity index (χ0v) is 7.84. The van der Waals surface area contributed by atoms with Crippen LogP contribution in [0.5, 0.6) is 0 Å². The second-order valence-corrected chi connectivity index (χ2v) is 2.74. The van der Waals surface area contributed by atoms with Crippen molar-refractivity contribution in [2.75, 3.05) is 0 Å². The topological polar surface area (TPSA) is 0 Å². The van der Waals surface area contributed by atoms with Crippen LogP contribution >= 0.6 is 23.2 Å². The molecule has 0 amide bonds. The Balaban J connectivity index is 4.06. The highest BCUT2D eigenvalue weighted by atomic mass is 35.5. The lowest BCUT2D eigenvalue weighted by molar-refractivity contribution is 1.20. The van der Waals surface area contributed by atoms with Crippen LogP contribution in [-0.2, 0) is 0 Å². The Morgan fingerprint density at radius 1 is 1.00 bits per heavy atom. The number of halogens is 2. The predicted octanol–water partition coefficient (Wildman–Crippen LogP) is 4.05. The molecule has 0 aromatic carbocycles. The highest BCUT2D eigenvalue weighted by molar-refractivity contribution is 6.43. The van der Waals surface area contributed by atoms with Gasteiger partial charge in [-0.15, -0.1) is 0 Å². The molecule has 0 atom stereocenters. The lowest BCUT2D eigenvalue weighted by atomic mass is 10.3. The molecule has 0 aliphatic rings. The molecule has 0 fully saturated rings. The van der Waals surface area contributed by atoms with Crippen molar-refractivity contribution in [3.05, 3.63) is 22.2 Å². The second kappa shape index (κ2) is 5.82. The molecular weight excluding hydrogens is 167 g/mol. The third-order valence-electron chi connectivity index (χ3n) is 0.995. The molecule has 2 heteroatoms. The first kappa shape index (κ1) is 10.1. The van der Waals surface area contributed by atoms with Crippen LogP contribution in [-0.4, -0.2) is 0 Å². The van der Waals surface area contributed by atoms with Crippen LogP contribution < -0.4 is 0 Å². The molecule has 0 aliphatic heterocycles. The second-order valence-electron chi connectivity index (χ2n) is 1.92. The van der Waals surface area contributed by atoms with Crippen molar-refractivity contribution in [1.29, 1.82) is 0 Å². The van der Waals surface area contributed by atoms with Crippen LogP contribution in [0.2, 0.25) is 0 Å². The monoisotopic (exact) mass is 178 g/mol. The summed E-state index contributed by atoms with van der Waals surface area (Å²) in [5.74, 6) is 0. The summed E-state index contributed by atoms with van der Waals surface area (Å²) in [5, 5.41) is 1.32. The lowest BCUT2D eigenvalue weighted by Gasteiger charge is -1.93. The van der Waals surface area contributed by atoms with Gasteiger partial charge < -0.3 is 0 Å². The summed E-state index contributed by atoms with van der Waals surface area (Å²) in [6.45, 7) is 4.05. The van der Waals surface area contributed by atoms with Gasteiger partial charge in [0.1, 0.15) is 0 Å². The Bertz CT molecular complexity index is 127. The molecule has 0 radical (unpaired) electrons. The maximum atomic E-state index is 5.77. The van der Waals surface area contributed by atoms with E-state index in [4.69, 9.17) is 23.2 Å². The van der Waals surface area contributed by atoms with Gasteiger partial charge in [-0.2, -0.15) is 0 Å². The Kier molecular flexibility index (Phi) is 5.85. The fourth-order valence-electron chi connectivity index (χ4n) is 0.553. The van der Waals surface area contributed by atoms with Crippen molar-refractivity contribution >= 4 is 23.2 Å². The van der Waals surface area contributed by atoms with E-state index >= 15 is 0 Å². The Hall–Kier alpha value is 0.0600. The minimum atomic E-state index is 0.658. The SMILES string of the molecule is CC/C=C(Cl)\C(Cl)=C/CC. The normalized spacial score (nSPS) is 14.0. The van der Waals surface area contributed by atoms with E-state index in [1.165, 1.54) is 0 Å². The molecular formula is C8H12Cl2. The highest BCUT2D eigenvalue weighted by Crippen LogP contribution is 2.19. The zero-order chi connectivity index (χ0) is 7.98. The quantitative estimate of drug-likeness (QED) is 0.573. The Morgan fingerprint density at radius 2 is 1.30 bits per heavy atom. The standard InChI is InChI=1S/C8H12Cl2/c1-3-5-7(9)8(10)6-4-2/h5-6H,3-4H2,1-2H3/b7-5+,8-6+. The third kappa shape index (κ3) is 3.97. The van der Waals surface area contributed by atoms with Gasteiger partial charge in [-0.05, 0) is 12.8 Å². The molecule has 0 aliphatic carbocycles. The van der Waals surface area contributed by atoms with Crippen molar-refractivity contribution in [1.82, 2.24) is 0 Å². The molecule has 0 N–H and O–H groups in total. The first-order valence-electron chi connectivity index (χ1n) is 3.44. The van der Waals surface area contributed by atoms with E-state index in [1.54, 1.807) is 0 Å². The van der Waals surface area contributed by atoms with Crippen LogP contribution in [0.1, 0.15) is 26.7 Å². The molecule has 0 heterocycles. The average Bonchev–Trinajstić information content (AvgIpc) is 1.89. The third-order valence-corrected chi connectivity index (χ3v) is 1.81. The van der Waals surface area contributed by atoms with Crippen LogP contribution in [0.15, 0.2) is 22.2 Å². The van der Waals surface area contributed by atoms with E-state index in [-0.39, 0.29) is 0 Å². The lowest BCUT2D eigenvalue weighted by Crippen LogP contribution is -1.71. The first-order valence-corrected chi connectivity index (χ1v) is 4.19. The molecule has 0 aromatic heterocycles. The van der Waals surface area contributed by atoms with E-state index in [2.05, 4.69) is 0 Å². The van der Waals surface area contributed by atoms with Gasteiger partial charge in [0, 0.05) is 0 Å². The van der Waals surface area contributed by atoms with Gasteiger partial charge in [0.15, 0.2) is 0 Å². The summed E-state index contributed by atoms with van der Waals surface area (Å²) < 4.78 is 0. The predicted molar refractivity (Wildman–Crippen MR) is 48.5 cm³/mol. The van der Waals surface area contributed by atoms with Gasteiger partial charge in [-0.1, -0.05) is 49.2 Å². The summed E-state index contributed by atoms with van der Waals surface area (Å²) in [6, 6.07) is 0. The Labute approximate surface area is 72.5 Å². The van der Waals surface area contributed by atoms with Crippen LogP contribution in [0, 0.1) is 0 Å². The van der Waals surface area contributed by atoms with Crippen molar-refractivity contribution in [3.63, 3.8) is 0 Å². The number of rotatable bonds is 3. The van der Waals surface area contributed by atoms with E-state index < -0.39 is 0 Å². The van der Waals surface area contributed by atoms with Crippen molar-refractivity contribution in [2.24, 2.45) is 0 Å². The molecule has 58 valence electrons. The fraction of sp³-hybridized carbons (Fsp3) is 0.500. The van der Waals surface area contributed by atoms with Gasteiger partial charge in [-0.3, -0.25) is 0 Å². The molecule has 0 spiro atoms. The molecule has 0 nitrogen and oxygen atoms in total. The molecule has 0 rings (SSSR count). The molecule has 0 saturated heterocycles. The first-order chi connectivity index (χ1) is 4.72. The van der Waals surface area contributed by atoms with Crippen LogP contribution in [0.25, 0.3) is 0 Å². The minimum absolute atomic E-state index is 0.658. The van der Waals surface area contributed by atoms with Gasteiger partial charge in [-0.25, -0.2) is 0 Å². The van der Waals surface area contributed by atoms with Crippen molar-refractivity contribution in [3.8, 4) is 0 Å². The molecule has 10 heavy (non-hydrogen) atoms. The number of hydrogen-bond donors (Lipinski definition) is 0. The van der Waals surface area contributed by atoms with Gasteiger partial charge in [0.25, 0.3) is 0 Å². The van der Waals surface area contributed by atoms with Gasteiger partial charge in [0.2, 0.25) is 0 Å². The van der Waals surface area contributed by atoms with Crippen LogP contribution in [0.3, 0.4) is 0 Å². The summed E-state index contributed by atoms with van der Waals surface area (Å²) >= 11 is 11.5. The maximum Gasteiger partial charge on any atom is 0.0549 e. The maximum absolute atomic E-state index is 5.77. The summed E-state index contributed by atoms with van der Waals surface area (Å²) in [5.41, 5.74) is 0. The zero-order valence-electron chi connectivity index (χ0n) is 6.32. The summed E-state index contributed by atoms with van der Waals surface area (Å²) in [6.07, 6.45) is 5.64. The smallest absolute Gasteiger partial charge is 0.0549 e. The number of allylic oxidation sites excluding steroid dienone is 4. The Morgan fingerprint density at radius 3 is 1.50 bits per heavy atom. The van der Waals surface area contributed by atoms with E-state index in [0.717, 1.165) is 12.8 Å². The highest BCUT2D eigenvalue weighted by Gasteiger charge is 1.94. The van der Waals surface area contributed by atoms with Gasteiger partial charge >= 0.3 is 0 Å². The fourth-order valence-corrected chi connectivity index (χ4v) is 1.02. The molecule has 0 unspecified atom stereocenters. The summed E-state index contributed by atoms with van der Waals surface area (Å²) in [4.78, 5) is 0. The molecule has 0 saturated carbocycles. The van der Waals surface area contributed by atoms with Crippen molar-refractivity contribution in [2.45, 2.75) is 26.7 Å². The molecule has 0 aromatic rings. The van der Waals surface area contributed by atoms with Gasteiger partial charge in [0.05, 0.1) is 10.1 Å². The largest absolute Gasteiger partial charge is 0.0831 e. The molecule has 0 bridgehead atoms. The van der Waals surface area contributed by atoms with E-state index in [1.807, 2.05) is 26.0 Å². The minimum Gasteiger partial charge on any atom is -0.0831 e. The average molecular weight is 179 g/mol. The van der Waals surface area contributed by atoms with Crippen molar-refractivity contribution < 1.29 is 0 Å². The number of hydrogen-bond acceptors (Lipinski definition) is 0. The van der Waals surface area contributed by atoms with E-state index in [9.17, 15) is 0 Å². The van der Waals surface area contributed by atoms with Crippen LogP contribution in [0.4, 0.5) is 0 Å². The van der Waals surface area contributed by atoms with E-state index in [0.29, 0.717) is 10.1 Å².